The largest absolute Gasteiger partial charge is 0.308 e. The molecular formula is C12H15N5O2. The number of nitro benzene ring substituents is 1. The van der Waals surface area contributed by atoms with E-state index in [0.29, 0.717) is 24.1 Å². The van der Waals surface area contributed by atoms with Crippen molar-refractivity contribution in [3.63, 3.8) is 0 Å². The average molecular weight is 261 g/mol. The highest BCUT2D eigenvalue weighted by molar-refractivity contribution is 5.42. The van der Waals surface area contributed by atoms with Gasteiger partial charge in [0.2, 0.25) is 0 Å². The number of nitrogens with one attached hydrogen (secondary N) is 1. The van der Waals surface area contributed by atoms with Crippen molar-refractivity contribution in [2.24, 2.45) is 0 Å². The van der Waals surface area contributed by atoms with Crippen molar-refractivity contribution in [3.8, 4) is 5.69 Å². The van der Waals surface area contributed by atoms with Crippen molar-refractivity contribution in [2.75, 3.05) is 0 Å². The van der Waals surface area contributed by atoms with E-state index >= 15 is 0 Å². The molecule has 1 N–H and O–H groups in total. The molecule has 100 valence electrons. The van der Waals surface area contributed by atoms with E-state index in [9.17, 15) is 10.1 Å². The minimum Gasteiger partial charge on any atom is -0.308 e. The van der Waals surface area contributed by atoms with Crippen LogP contribution in [-0.4, -0.2) is 25.7 Å². The molecule has 0 radical (unpaired) electrons. The van der Waals surface area contributed by atoms with Crippen LogP contribution in [0.15, 0.2) is 30.6 Å². The molecule has 2 rings (SSSR count). The van der Waals surface area contributed by atoms with E-state index in [0.717, 1.165) is 0 Å². The number of rotatable bonds is 5. The molecule has 2 aromatic rings. The number of nitrogens with zero attached hydrogens (tertiary/aromatic N) is 4. The number of aromatic nitrogens is 3. The predicted molar refractivity (Wildman–Crippen MR) is 70.0 cm³/mol. The van der Waals surface area contributed by atoms with Crippen LogP contribution in [0.4, 0.5) is 5.69 Å². The van der Waals surface area contributed by atoms with Gasteiger partial charge in [-0.1, -0.05) is 19.9 Å². The molecule has 1 aromatic heterocycles. The Labute approximate surface area is 110 Å². The maximum absolute atomic E-state index is 10.8. The summed E-state index contributed by atoms with van der Waals surface area (Å²) in [4.78, 5) is 14.5. The van der Waals surface area contributed by atoms with Gasteiger partial charge >= 0.3 is 0 Å². The molecule has 0 aliphatic rings. The van der Waals surface area contributed by atoms with E-state index in [1.807, 2.05) is 13.8 Å². The minimum atomic E-state index is -0.424. The van der Waals surface area contributed by atoms with Gasteiger partial charge in [-0.2, -0.15) is 5.10 Å². The van der Waals surface area contributed by atoms with E-state index in [1.54, 1.807) is 16.8 Å². The molecule has 0 spiro atoms. The molecule has 0 unspecified atom stereocenters. The number of hydrogen-bond acceptors (Lipinski definition) is 5. The van der Waals surface area contributed by atoms with E-state index in [4.69, 9.17) is 0 Å². The Morgan fingerprint density at radius 1 is 1.47 bits per heavy atom. The molecule has 7 nitrogen and oxygen atoms in total. The fourth-order valence-electron chi connectivity index (χ4n) is 1.64. The van der Waals surface area contributed by atoms with E-state index in [-0.39, 0.29) is 5.69 Å². The highest BCUT2D eigenvalue weighted by Gasteiger charge is 2.11. The average Bonchev–Trinajstić information content (AvgIpc) is 2.84. The molecule has 0 saturated heterocycles. The predicted octanol–water partition coefficient (Wildman–Crippen LogP) is 1.67. The quantitative estimate of drug-likeness (QED) is 0.653. The van der Waals surface area contributed by atoms with Gasteiger partial charge in [-0.25, -0.2) is 9.67 Å². The van der Waals surface area contributed by atoms with Crippen molar-refractivity contribution < 1.29 is 4.92 Å². The van der Waals surface area contributed by atoms with Crippen LogP contribution in [-0.2, 0) is 6.54 Å². The van der Waals surface area contributed by atoms with E-state index < -0.39 is 4.92 Å². The molecule has 0 saturated carbocycles. The van der Waals surface area contributed by atoms with Crippen LogP contribution in [0.5, 0.6) is 0 Å². The first-order valence-corrected chi connectivity index (χ1v) is 5.95. The van der Waals surface area contributed by atoms with Gasteiger partial charge in [-0.15, -0.1) is 0 Å². The summed E-state index contributed by atoms with van der Waals surface area (Å²) in [6, 6.07) is 6.66. The Bertz CT molecular complexity index is 579. The summed E-state index contributed by atoms with van der Waals surface area (Å²) in [5.41, 5.74) is 0.669. The third-order valence-electron chi connectivity index (χ3n) is 2.57. The Kier molecular flexibility index (Phi) is 3.86. The minimum absolute atomic E-state index is 0.0377. The lowest BCUT2D eigenvalue weighted by atomic mass is 10.3. The molecule has 7 heteroatoms. The van der Waals surface area contributed by atoms with Crippen LogP contribution in [0, 0.1) is 10.1 Å². The third kappa shape index (κ3) is 3.14. The van der Waals surface area contributed by atoms with Gasteiger partial charge in [0.15, 0.2) is 0 Å². The van der Waals surface area contributed by atoms with Crippen molar-refractivity contribution in [1.29, 1.82) is 0 Å². The summed E-state index contributed by atoms with van der Waals surface area (Å²) in [6.45, 7) is 4.63. The monoisotopic (exact) mass is 261 g/mol. The van der Waals surface area contributed by atoms with Crippen LogP contribution in [0.1, 0.15) is 19.7 Å². The van der Waals surface area contributed by atoms with Gasteiger partial charge in [-0.3, -0.25) is 10.1 Å². The fraction of sp³-hybridized carbons (Fsp3) is 0.333. The van der Waals surface area contributed by atoms with Crippen LogP contribution >= 0.6 is 0 Å². The van der Waals surface area contributed by atoms with Gasteiger partial charge in [0.05, 0.1) is 17.2 Å². The Morgan fingerprint density at radius 2 is 2.26 bits per heavy atom. The van der Waals surface area contributed by atoms with Gasteiger partial charge in [-0.05, 0) is 6.07 Å². The van der Waals surface area contributed by atoms with E-state index in [1.165, 1.54) is 18.5 Å². The van der Waals surface area contributed by atoms with Crippen LogP contribution in [0.2, 0.25) is 0 Å². The Morgan fingerprint density at radius 3 is 2.95 bits per heavy atom. The second kappa shape index (κ2) is 5.57. The fourth-order valence-corrected chi connectivity index (χ4v) is 1.64. The zero-order valence-electron chi connectivity index (χ0n) is 10.8. The smallest absolute Gasteiger partial charge is 0.271 e. The molecule has 0 amide bonds. The van der Waals surface area contributed by atoms with E-state index in [2.05, 4.69) is 15.4 Å². The first-order chi connectivity index (χ1) is 9.08. The summed E-state index contributed by atoms with van der Waals surface area (Å²) >= 11 is 0. The number of nitro groups is 1. The molecule has 19 heavy (non-hydrogen) atoms. The molecule has 1 aromatic carbocycles. The highest BCUT2D eigenvalue weighted by atomic mass is 16.6. The van der Waals surface area contributed by atoms with Crippen molar-refractivity contribution in [2.45, 2.75) is 26.4 Å². The van der Waals surface area contributed by atoms with Crippen molar-refractivity contribution in [3.05, 3.63) is 46.5 Å². The zero-order chi connectivity index (χ0) is 13.8. The molecule has 0 bridgehead atoms. The number of benzene rings is 1. The summed E-state index contributed by atoms with van der Waals surface area (Å²) < 4.78 is 1.60. The lowest BCUT2D eigenvalue weighted by molar-refractivity contribution is -0.384. The summed E-state index contributed by atoms with van der Waals surface area (Å²) in [5.74, 6) is 0.717. The zero-order valence-corrected chi connectivity index (χ0v) is 10.8. The third-order valence-corrected chi connectivity index (χ3v) is 2.57. The lowest BCUT2D eigenvalue weighted by Crippen LogP contribution is -2.24. The standard InChI is InChI=1S/C12H15N5O2/c1-9(2)13-7-12-14-8-15-16(12)10-4-3-5-11(6-10)17(18)19/h3-6,8-9,13H,7H2,1-2H3. The van der Waals surface area contributed by atoms with Gasteiger partial charge in [0, 0.05) is 18.2 Å². The number of hydrogen-bond donors (Lipinski definition) is 1. The molecule has 0 aliphatic carbocycles. The highest BCUT2D eigenvalue weighted by Crippen LogP contribution is 2.16. The molecular weight excluding hydrogens is 246 g/mol. The number of non-ortho nitro benzene ring substituents is 1. The van der Waals surface area contributed by atoms with Gasteiger partial charge in [0.1, 0.15) is 12.2 Å². The second-order valence-electron chi connectivity index (χ2n) is 4.40. The molecule has 1 heterocycles. The normalized spacial score (nSPS) is 10.9. The topological polar surface area (TPSA) is 85.9 Å². The summed E-state index contributed by atoms with van der Waals surface area (Å²) in [7, 11) is 0. The van der Waals surface area contributed by atoms with Gasteiger partial charge in [0.25, 0.3) is 5.69 Å². The SMILES string of the molecule is CC(C)NCc1ncnn1-c1cccc([N+](=O)[O-])c1. The van der Waals surface area contributed by atoms with Crippen molar-refractivity contribution >= 4 is 5.69 Å². The van der Waals surface area contributed by atoms with Crippen LogP contribution in [0.3, 0.4) is 0 Å². The first-order valence-electron chi connectivity index (χ1n) is 5.95. The lowest BCUT2D eigenvalue weighted by Gasteiger charge is -2.09. The maximum Gasteiger partial charge on any atom is 0.271 e. The second-order valence-corrected chi connectivity index (χ2v) is 4.40. The maximum atomic E-state index is 10.8. The van der Waals surface area contributed by atoms with Crippen LogP contribution in [0.25, 0.3) is 5.69 Å². The summed E-state index contributed by atoms with van der Waals surface area (Å²) in [5, 5.41) is 18.1. The molecule has 0 atom stereocenters. The molecule has 0 fully saturated rings. The molecule has 0 aliphatic heterocycles. The first kappa shape index (κ1) is 13.2. The van der Waals surface area contributed by atoms with Crippen LogP contribution < -0.4 is 5.32 Å². The van der Waals surface area contributed by atoms with Crippen molar-refractivity contribution in [1.82, 2.24) is 20.1 Å². The Balaban J connectivity index is 2.29. The summed E-state index contributed by atoms with van der Waals surface area (Å²) in [6.07, 6.45) is 1.44. The van der Waals surface area contributed by atoms with Gasteiger partial charge < -0.3 is 5.32 Å². The Hall–Kier alpha value is -2.28.